The molecular weight excluding hydrogens is 184 g/mol. The summed E-state index contributed by atoms with van der Waals surface area (Å²) in [6.07, 6.45) is 7.62. The Balaban J connectivity index is 1.90. The molecule has 0 spiro atoms. The largest absolute Gasteiger partial charge is 0.330 e. The van der Waals surface area contributed by atoms with Crippen LogP contribution in [0.3, 0.4) is 0 Å². The van der Waals surface area contributed by atoms with Gasteiger partial charge in [0.15, 0.2) is 0 Å². The Morgan fingerprint density at radius 1 is 1.47 bits per heavy atom. The zero-order valence-electron chi connectivity index (χ0n) is 9.66. The van der Waals surface area contributed by atoms with Gasteiger partial charge in [0.05, 0.1) is 0 Å². The van der Waals surface area contributed by atoms with E-state index in [9.17, 15) is 0 Å². The van der Waals surface area contributed by atoms with E-state index in [1.54, 1.807) is 0 Å². The lowest BCUT2D eigenvalue weighted by molar-refractivity contribution is 0.0850. The van der Waals surface area contributed by atoms with Crippen LogP contribution in [-0.2, 0) is 6.42 Å². The molecule has 1 aliphatic rings. The van der Waals surface area contributed by atoms with Gasteiger partial charge in [-0.25, -0.2) is 0 Å². The van der Waals surface area contributed by atoms with E-state index in [0.29, 0.717) is 5.41 Å². The summed E-state index contributed by atoms with van der Waals surface area (Å²) in [7, 11) is 0. The van der Waals surface area contributed by atoms with Gasteiger partial charge in [0.1, 0.15) is 0 Å². The molecule has 15 heavy (non-hydrogen) atoms. The Labute approximate surface area is 91.9 Å². The van der Waals surface area contributed by atoms with E-state index < -0.39 is 0 Å². The number of hydrogen-bond acceptors (Lipinski definition) is 2. The van der Waals surface area contributed by atoms with Gasteiger partial charge in [-0.2, -0.15) is 0 Å². The van der Waals surface area contributed by atoms with E-state index in [2.05, 4.69) is 24.9 Å². The third-order valence-corrected chi connectivity index (χ3v) is 3.51. The van der Waals surface area contributed by atoms with Gasteiger partial charge in [-0.05, 0) is 55.2 Å². The summed E-state index contributed by atoms with van der Waals surface area (Å²) in [4.78, 5) is 4.23. The van der Waals surface area contributed by atoms with Crippen LogP contribution in [0.4, 0.5) is 0 Å². The smallest absolute Gasteiger partial charge is 0.0300 e. The van der Waals surface area contributed by atoms with Crippen LogP contribution in [0.2, 0.25) is 0 Å². The van der Waals surface area contributed by atoms with Gasteiger partial charge in [-0.1, -0.05) is 13.0 Å². The van der Waals surface area contributed by atoms with Gasteiger partial charge in [-0.3, -0.25) is 4.98 Å². The lowest BCUT2D eigenvalue weighted by atomic mass is 9.62. The standard InChI is InChI=1S/C13H20N2/c1-10-3-11(8-15-7-10)4-12-5-13(2,6-12)9-14/h3,7-8,12H,4-6,9,14H2,1-2H3. The van der Waals surface area contributed by atoms with Crippen LogP contribution in [0, 0.1) is 18.3 Å². The van der Waals surface area contributed by atoms with Crippen molar-refractivity contribution >= 4 is 0 Å². The highest BCUT2D eigenvalue weighted by atomic mass is 14.6. The SMILES string of the molecule is Cc1cncc(CC2CC(C)(CN)C2)c1. The maximum atomic E-state index is 5.74. The maximum Gasteiger partial charge on any atom is 0.0300 e. The molecule has 2 heteroatoms. The van der Waals surface area contributed by atoms with Crippen LogP contribution >= 0.6 is 0 Å². The Bertz CT molecular complexity index is 340. The van der Waals surface area contributed by atoms with Crippen LogP contribution < -0.4 is 5.73 Å². The van der Waals surface area contributed by atoms with Gasteiger partial charge in [0.2, 0.25) is 0 Å². The zero-order valence-corrected chi connectivity index (χ0v) is 9.66. The van der Waals surface area contributed by atoms with Crippen molar-refractivity contribution in [1.82, 2.24) is 4.98 Å². The molecular formula is C13H20N2. The van der Waals surface area contributed by atoms with E-state index in [1.165, 1.54) is 30.4 Å². The molecule has 0 saturated heterocycles. The molecule has 0 aromatic carbocycles. The molecule has 1 aromatic heterocycles. The highest BCUT2D eigenvalue weighted by Gasteiger charge is 2.38. The number of hydrogen-bond donors (Lipinski definition) is 1. The molecule has 82 valence electrons. The lowest BCUT2D eigenvalue weighted by Gasteiger charge is -2.44. The van der Waals surface area contributed by atoms with Crippen molar-refractivity contribution < 1.29 is 0 Å². The first-order valence-corrected chi connectivity index (χ1v) is 5.72. The second-order valence-corrected chi connectivity index (χ2v) is 5.36. The summed E-state index contributed by atoms with van der Waals surface area (Å²) >= 11 is 0. The molecule has 0 bridgehead atoms. The highest BCUT2D eigenvalue weighted by molar-refractivity contribution is 5.18. The Morgan fingerprint density at radius 3 is 2.80 bits per heavy atom. The topological polar surface area (TPSA) is 38.9 Å². The minimum atomic E-state index is 0.419. The molecule has 0 aliphatic heterocycles. The van der Waals surface area contributed by atoms with Gasteiger partial charge >= 0.3 is 0 Å². The van der Waals surface area contributed by atoms with Crippen molar-refractivity contribution in [3.05, 3.63) is 29.6 Å². The summed E-state index contributed by atoms with van der Waals surface area (Å²) in [5, 5.41) is 0. The van der Waals surface area contributed by atoms with Crippen LogP contribution in [0.25, 0.3) is 0 Å². The van der Waals surface area contributed by atoms with Crippen LogP contribution in [0.1, 0.15) is 30.9 Å². The number of aryl methyl sites for hydroxylation is 1. The first kappa shape index (κ1) is 10.6. The van der Waals surface area contributed by atoms with Crippen molar-refractivity contribution in [3.8, 4) is 0 Å². The number of nitrogens with zero attached hydrogens (tertiary/aromatic N) is 1. The second-order valence-electron chi connectivity index (χ2n) is 5.36. The molecule has 1 aromatic rings. The van der Waals surface area contributed by atoms with Crippen molar-refractivity contribution in [2.45, 2.75) is 33.1 Å². The summed E-state index contributed by atoms with van der Waals surface area (Å²) in [6, 6.07) is 2.24. The van der Waals surface area contributed by atoms with Crippen LogP contribution in [0.5, 0.6) is 0 Å². The lowest BCUT2D eigenvalue weighted by Crippen LogP contribution is -2.41. The highest BCUT2D eigenvalue weighted by Crippen LogP contribution is 2.45. The average molecular weight is 204 g/mol. The number of rotatable bonds is 3. The first-order chi connectivity index (χ1) is 7.11. The molecule has 0 unspecified atom stereocenters. The van der Waals surface area contributed by atoms with E-state index in [4.69, 9.17) is 5.73 Å². The Hall–Kier alpha value is -0.890. The van der Waals surface area contributed by atoms with Crippen molar-refractivity contribution in [3.63, 3.8) is 0 Å². The van der Waals surface area contributed by atoms with Crippen molar-refractivity contribution in [2.75, 3.05) is 6.54 Å². The van der Waals surface area contributed by atoms with Gasteiger partial charge in [-0.15, -0.1) is 0 Å². The second kappa shape index (κ2) is 3.93. The maximum absolute atomic E-state index is 5.74. The monoisotopic (exact) mass is 204 g/mol. The van der Waals surface area contributed by atoms with E-state index >= 15 is 0 Å². The van der Waals surface area contributed by atoms with Gasteiger partial charge in [0.25, 0.3) is 0 Å². The van der Waals surface area contributed by atoms with Gasteiger partial charge in [0, 0.05) is 12.4 Å². The molecule has 1 aliphatic carbocycles. The molecule has 1 fully saturated rings. The van der Waals surface area contributed by atoms with Crippen LogP contribution in [0.15, 0.2) is 18.5 Å². The molecule has 2 nitrogen and oxygen atoms in total. The predicted octanol–water partition coefficient (Wildman–Crippen LogP) is 2.31. The van der Waals surface area contributed by atoms with Crippen LogP contribution in [-0.4, -0.2) is 11.5 Å². The van der Waals surface area contributed by atoms with Crippen molar-refractivity contribution in [2.24, 2.45) is 17.1 Å². The number of aromatic nitrogens is 1. The first-order valence-electron chi connectivity index (χ1n) is 5.72. The predicted molar refractivity (Wildman–Crippen MR) is 62.6 cm³/mol. The summed E-state index contributed by atoms with van der Waals surface area (Å²) in [6.45, 7) is 5.22. The molecule has 0 atom stereocenters. The minimum absolute atomic E-state index is 0.419. The molecule has 1 saturated carbocycles. The quantitative estimate of drug-likeness (QED) is 0.820. The van der Waals surface area contributed by atoms with E-state index in [0.717, 1.165) is 12.5 Å². The third-order valence-electron chi connectivity index (χ3n) is 3.51. The average Bonchev–Trinajstić information content (AvgIpc) is 2.15. The fraction of sp³-hybridized carbons (Fsp3) is 0.615. The number of nitrogens with two attached hydrogens (primary N) is 1. The Morgan fingerprint density at radius 2 is 2.20 bits per heavy atom. The molecule has 2 rings (SSSR count). The number of pyridine rings is 1. The van der Waals surface area contributed by atoms with E-state index in [-0.39, 0.29) is 0 Å². The summed E-state index contributed by atoms with van der Waals surface area (Å²) in [5.74, 6) is 0.821. The van der Waals surface area contributed by atoms with E-state index in [1.807, 2.05) is 12.4 Å². The Kier molecular flexibility index (Phi) is 2.79. The normalized spacial score (nSPS) is 29.9. The van der Waals surface area contributed by atoms with Crippen molar-refractivity contribution in [1.29, 1.82) is 0 Å². The minimum Gasteiger partial charge on any atom is -0.330 e. The fourth-order valence-electron chi connectivity index (χ4n) is 2.71. The molecule has 0 radical (unpaired) electrons. The summed E-state index contributed by atoms with van der Waals surface area (Å²) in [5.41, 5.74) is 8.79. The van der Waals surface area contributed by atoms with Gasteiger partial charge < -0.3 is 5.73 Å². The third kappa shape index (κ3) is 2.37. The zero-order chi connectivity index (χ0) is 10.9. The molecule has 0 amide bonds. The molecule has 2 N–H and O–H groups in total. The molecule has 1 heterocycles. The summed E-state index contributed by atoms with van der Waals surface area (Å²) < 4.78 is 0. The fourth-order valence-corrected chi connectivity index (χ4v) is 2.71.